The van der Waals surface area contributed by atoms with Crippen LogP contribution in [0, 0.1) is 0 Å². The van der Waals surface area contributed by atoms with Crippen LogP contribution in [0.3, 0.4) is 0 Å². The molecule has 0 saturated carbocycles. The van der Waals surface area contributed by atoms with Crippen LogP contribution in [0.25, 0.3) is 0 Å². The van der Waals surface area contributed by atoms with E-state index in [2.05, 4.69) is 31.1 Å². The van der Waals surface area contributed by atoms with E-state index in [1.165, 1.54) is 117 Å². The number of rotatable bonds is 5. The Morgan fingerprint density at radius 3 is 1.00 bits per heavy atom. The second kappa shape index (κ2) is 17.6. The fourth-order valence-corrected chi connectivity index (χ4v) is 4.23. The third-order valence-electron chi connectivity index (χ3n) is 5.92. The Hall–Kier alpha value is -0.240. The van der Waals surface area contributed by atoms with Gasteiger partial charge in [0.15, 0.2) is 0 Å². The average molecular weight is 397 g/mol. The summed E-state index contributed by atoms with van der Waals surface area (Å²) in [6.07, 6.45) is 10.4. The van der Waals surface area contributed by atoms with Gasteiger partial charge in [-0.25, -0.2) is 0 Å². The normalized spacial score (nSPS) is 24.4. The lowest BCUT2D eigenvalue weighted by atomic mass is 10.2. The zero-order valence-corrected chi connectivity index (χ0v) is 18.5. The van der Waals surface area contributed by atoms with Crippen molar-refractivity contribution in [3.8, 4) is 0 Å². The van der Waals surface area contributed by atoms with Crippen molar-refractivity contribution < 1.29 is 0 Å². The van der Waals surface area contributed by atoms with Gasteiger partial charge in [-0.05, 0) is 143 Å². The van der Waals surface area contributed by atoms with Crippen LogP contribution in [0.5, 0.6) is 0 Å². The molecular formula is C22H48N6. The molecule has 0 aromatic heterocycles. The number of hydrogen-bond acceptors (Lipinski definition) is 6. The van der Waals surface area contributed by atoms with E-state index < -0.39 is 0 Å². The Morgan fingerprint density at radius 2 is 0.679 bits per heavy atom. The van der Waals surface area contributed by atoms with Crippen molar-refractivity contribution in [2.45, 2.75) is 51.4 Å². The second-order valence-corrected chi connectivity index (χ2v) is 8.51. The lowest BCUT2D eigenvalue weighted by Crippen LogP contribution is -2.35. The van der Waals surface area contributed by atoms with Crippen LogP contribution in [0.2, 0.25) is 0 Å². The van der Waals surface area contributed by atoms with Gasteiger partial charge in [0.25, 0.3) is 0 Å². The first-order chi connectivity index (χ1) is 13.9. The van der Waals surface area contributed by atoms with Crippen molar-refractivity contribution in [1.29, 1.82) is 0 Å². The summed E-state index contributed by atoms with van der Waals surface area (Å²) in [5, 5.41) is 14.3. The molecule has 2 saturated heterocycles. The maximum atomic E-state index is 3.58. The molecule has 6 nitrogen and oxygen atoms in total. The number of hydrogen-bond donors (Lipinski definition) is 4. The third kappa shape index (κ3) is 13.1. The largest absolute Gasteiger partial charge is 0.317 e. The number of nitrogens with zero attached hydrogens (tertiary/aromatic N) is 2. The molecule has 166 valence electrons. The molecule has 0 amide bonds. The Morgan fingerprint density at radius 1 is 0.393 bits per heavy atom. The first-order valence-electron chi connectivity index (χ1n) is 12.2. The van der Waals surface area contributed by atoms with Crippen LogP contribution in [0.15, 0.2) is 0 Å². The van der Waals surface area contributed by atoms with Crippen molar-refractivity contribution in [2.24, 2.45) is 0 Å². The summed E-state index contributed by atoms with van der Waals surface area (Å²) in [6.45, 7) is 16.9. The van der Waals surface area contributed by atoms with Gasteiger partial charge in [0.05, 0.1) is 0 Å². The molecule has 0 radical (unpaired) electrons. The smallest absolute Gasteiger partial charge is 0.000663 e. The molecule has 2 rings (SSSR count). The monoisotopic (exact) mass is 396 g/mol. The lowest BCUT2D eigenvalue weighted by molar-refractivity contribution is 0.232. The third-order valence-corrected chi connectivity index (χ3v) is 5.92. The van der Waals surface area contributed by atoms with E-state index in [1.807, 2.05) is 0 Å². The van der Waals surface area contributed by atoms with Gasteiger partial charge in [0.1, 0.15) is 0 Å². The van der Waals surface area contributed by atoms with Gasteiger partial charge >= 0.3 is 0 Å². The lowest BCUT2D eigenvalue weighted by Gasteiger charge is -2.25. The summed E-state index contributed by atoms with van der Waals surface area (Å²) in [6, 6.07) is 0. The van der Waals surface area contributed by atoms with E-state index in [-0.39, 0.29) is 0 Å². The maximum absolute atomic E-state index is 3.58. The highest BCUT2D eigenvalue weighted by atomic mass is 15.1. The van der Waals surface area contributed by atoms with Crippen molar-refractivity contribution >= 4 is 0 Å². The Bertz CT molecular complexity index is 285. The van der Waals surface area contributed by atoms with Crippen LogP contribution in [-0.2, 0) is 0 Å². The predicted octanol–water partition coefficient (Wildman–Crippen LogP) is 1.10. The zero-order valence-electron chi connectivity index (χ0n) is 18.5. The van der Waals surface area contributed by atoms with Gasteiger partial charge in [-0.3, -0.25) is 0 Å². The van der Waals surface area contributed by atoms with Crippen molar-refractivity contribution in [1.82, 2.24) is 31.1 Å². The van der Waals surface area contributed by atoms with Gasteiger partial charge in [-0.15, -0.1) is 0 Å². The Balaban J connectivity index is 1.60. The summed E-state index contributed by atoms with van der Waals surface area (Å²) in [5.74, 6) is 0. The van der Waals surface area contributed by atoms with E-state index in [0.717, 1.165) is 26.2 Å². The van der Waals surface area contributed by atoms with E-state index in [9.17, 15) is 0 Å². The predicted molar refractivity (Wildman–Crippen MR) is 121 cm³/mol. The summed E-state index contributed by atoms with van der Waals surface area (Å²) in [5.41, 5.74) is 0. The molecule has 0 aromatic rings. The highest BCUT2D eigenvalue weighted by molar-refractivity contribution is 4.66. The zero-order chi connectivity index (χ0) is 19.5. The first-order valence-corrected chi connectivity index (χ1v) is 12.2. The van der Waals surface area contributed by atoms with E-state index in [4.69, 9.17) is 0 Å². The Kier molecular flexibility index (Phi) is 15.1. The summed E-state index contributed by atoms with van der Waals surface area (Å²) < 4.78 is 0. The minimum Gasteiger partial charge on any atom is -0.317 e. The quantitative estimate of drug-likeness (QED) is 0.522. The fourth-order valence-electron chi connectivity index (χ4n) is 4.23. The minimum atomic E-state index is 1.16. The fraction of sp³-hybridized carbons (Fsp3) is 1.00. The van der Waals surface area contributed by atoms with E-state index >= 15 is 0 Å². The minimum absolute atomic E-state index is 1.16. The molecule has 0 spiro atoms. The molecule has 2 heterocycles. The molecule has 0 aliphatic carbocycles. The molecule has 0 atom stereocenters. The van der Waals surface area contributed by atoms with E-state index in [1.54, 1.807) is 0 Å². The standard InChI is InChI=1S/C22H48N6/c1(17-27-19-5-13-23-9-3-10-24-14-6-20-27)2-18-28-21-7-15-25-11-4-12-26-16-8-22-28/h23-26H,1-22H2. The van der Waals surface area contributed by atoms with Gasteiger partial charge < -0.3 is 31.1 Å². The van der Waals surface area contributed by atoms with Crippen molar-refractivity contribution in [3.63, 3.8) is 0 Å². The van der Waals surface area contributed by atoms with Crippen LogP contribution in [-0.4, -0.2) is 101 Å². The SMILES string of the molecule is C1CNCCCN(CCCCN2CCCNCCCNCCC2)CCCNC1. The van der Waals surface area contributed by atoms with Gasteiger partial charge in [0.2, 0.25) is 0 Å². The molecule has 0 unspecified atom stereocenters. The van der Waals surface area contributed by atoms with Crippen LogP contribution in [0.1, 0.15) is 51.4 Å². The Labute approximate surface area is 174 Å². The molecule has 0 aromatic carbocycles. The number of nitrogens with one attached hydrogen (secondary N) is 4. The second-order valence-electron chi connectivity index (χ2n) is 8.51. The van der Waals surface area contributed by atoms with Crippen LogP contribution >= 0.6 is 0 Å². The molecule has 6 heteroatoms. The van der Waals surface area contributed by atoms with Gasteiger partial charge in [-0.1, -0.05) is 0 Å². The molecule has 28 heavy (non-hydrogen) atoms. The van der Waals surface area contributed by atoms with Gasteiger partial charge in [0, 0.05) is 0 Å². The summed E-state index contributed by atoms with van der Waals surface area (Å²) >= 11 is 0. The topological polar surface area (TPSA) is 54.6 Å². The van der Waals surface area contributed by atoms with E-state index in [0.29, 0.717) is 0 Å². The highest BCUT2D eigenvalue weighted by Crippen LogP contribution is 2.03. The molecule has 2 aliphatic heterocycles. The van der Waals surface area contributed by atoms with Crippen LogP contribution in [0.4, 0.5) is 0 Å². The van der Waals surface area contributed by atoms with Crippen molar-refractivity contribution in [3.05, 3.63) is 0 Å². The molecule has 0 bridgehead atoms. The molecular weight excluding hydrogens is 348 g/mol. The first kappa shape index (κ1) is 24.0. The molecule has 2 aliphatic rings. The van der Waals surface area contributed by atoms with Crippen molar-refractivity contribution in [2.75, 3.05) is 91.6 Å². The maximum Gasteiger partial charge on any atom is -0.000663 e. The summed E-state index contributed by atoms with van der Waals surface area (Å²) in [7, 11) is 0. The molecule has 2 fully saturated rings. The summed E-state index contributed by atoms with van der Waals surface area (Å²) in [4.78, 5) is 5.41. The van der Waals surface area contributed by atoms with Crippen LogP contribution < -0.4 is 21.3 Å². The highest BCUT2D eigenvalue weighted by Gasteiger charge is 2.08. The number of unbranched alkanes of at least 4 members (excludes halogenated alkanes) is 1. The van der Waals surface area contributed by atoms with Gasteiger partial charge in [-0.2, -0.15) is 0 Å². The average Bonchev–Trinajstić information content (AvgIpc) is 2.68. The molecule has 4 N–H and O–H groups in total.